The Labute approximate surface area is 170 Å². The highest BCUT2D eigenvalue weighted by atomic mass is 16.3. The van der Waals surface area contributed by atoms with E-state index in [1.165, 1.54) is 83.7 Å². The third-order valence-electron chi connectivity index (χ3n) is 6.87. The summed E-state index contributed by atoms with van der Waals surface area (Å²) in [6.45, 7) is 3.26. The third-order valence-corrected chi connectivity index (χ3v) is 6.87. The zero-order valence-electron chi connectivity index (χ0n) is 17.4. The van der Waals surface area contributed by atoms with Crippen LogP contribution in [0, 0.1) is 0 Å². The molecular formula is C23H38N4O. The fourth-order valence-corrected chi connectivity index (χ4v) is 5.18. The predicted molar refractivity (Wildman–Crippen MR) is 115 cm³/mol. The van der Waals surface area contributed by atoms with Crippen LogP contribution in [0.4, 0.5) is 0 Å². The minimum Gasteiger partial charge on any atom is -0.469 e. The Balaban J connectivity index is 1.27. The Kier molecular flexibility index (Phi) is 7.31. The van der Waals surface area contributed by atoms with Gasteiger partial charge in [0, 0.05) is 44.2 Å². The van der Waals surface area contributed by atoms with Gasteiger partial charge in [-0.1, -0.05) is 32.1 Å². The summed E-state index contributed by atoms with van der Waals surface area (Å²) in [5, 5.41) is 7.48. The van der Waals surface area contributed by atoms with Gasteiger partial charge in [-0.15, -0.1) is 0 Å². The molecule has 4 rings (SSSR count). The molecule has 0 unspecified atom stereocenters. The number of nitrogens with one attached hydrogen (secondary N) is 2. The number of aliphatic imine (C=N–C) groups is 1. The number of nitrogens with zero attached hydrogens (tertiary/aromatic N) is 2. The van der Waals surface area contributed by atoms with Crippen LogP contribution in [0.25, 0.3) is 0 Å². The number of hydrogen-bond acceptors (Lipinski definition) is 3. The van der Waals surface area contributed by atoms with Crippen LogP contribution in [0.2, 0.25) is 0 Å². The largest absolute Gasteiger partial charge is 0.469 e. The average molecular weight is 387 g/mol. The zero-order chi connectivity index (χ0) is 19.0. The molecule has 28 heavy (non-hydrogen) atoms. The molecule has 0 amide bonds. The number of furan rings is 1. The molecule has 2 heterocycles. The monoisotopic (exact) mass is 386 g/mol. The number of piperidine rings is 1. The molecule has 0 aromatic carbocycles. The van der Waals surface area contributed by atoms with Crippen molar-refractivity contribution < 1.29 is 4.42 Å². The highest BCUT2D eigenvalue weighted by Crippen LogP contribution is 2.25. The van der Waals surface area contributed by atoms with E-state index in [0.717, 1.165) is 30.7 Å². The molecule has 2 saturated carbocycles. The van der Waals surface area contributed by atoms with E-state index in [-0.39, 0.29) is 0 Å². The van der Waals surface area contributed by atoms with E-state index >= 15 is 0 Å². The first-order valence-corrected chi connectivity index (χ1v) is 11.7. The molecule has 156 valence electrons. The molecule has 3 aliphatic rings. The Bertz CT molecular complexity index is 580. The molecule has 1 saturated heterocycles. The molecule has 5 heteroatoms. The van der Waals surface area contributed by atoms with Crippen LogP contribution in [0.1, 0.15) is 76.4 Å². The van der Waals surface area contributed by atoms with Gasteiger partial charge in [0.25, 0.3) is 0 Å². The van der Waals surface area contributed by atoms with Crippen LogP contribution in [-0.2, 0) is 6.42 Å². The number of guanidine groups is 1. The molecular weight excluding hydrogens is 348 g/mol. The fraction of sp³-hybridized carbons (Fsp3) is 0.783. The number of hydrogen-bond donors (Lipinski definition) is 2. The first kappa shape index (κ1) is 19.8. The Morgan fingerprint density at radius 3 is 2.29 bits per heavy atom. The molecule has 0 spiro atoms. The maximum atomic E-state index is 5.45. The van der Waals surface area contributed by atoms with Crippen LogP contribution >= 0.6 is 0 Å². The normalized spacial score (nSPS) is 23.9. The molecule has 1 aromatic heterocycles. The van der Waals surface area contributed by atoms with Crippen LogP contribution in [0.3, 0.4) is 0 Å². The van der Waals surface area contributed by atoms with E-state index in [0.29, 0.717) is 12.1 Å². The standard InChI is InChI=1S/C23H38N4O/c1-2-9-21(10-3-1)27-16-13-20(14-17-27)26-23(25-19-7-4-5-8-19)24-15-12-22-11-6-18-28-22/h6,11,18-21H,1-5,7-10,12-17H2,(H2,24,25,26). The van der Waals surface area contributed by atoms with E-state index in [2.05, 4.69) is 15.5 Å². The summed E-state index contributed by atoms with van der Waals surface area (Å²) in [6, 6.07) is 5.99. The van der Waals surface area contributed by atoms with Gasteiger partial charge in [-0.3, -0.25) is 4.99 Å². The van der Waals surface area contributed by atoms with Gasteiger partial charge >= 0.3 is 0 Å². The Morgan fingerprint density at radius 2 is 1.61 bits per heavy atom. The smallest absolute Gasteiger partial charge is 0.191 e. The van der Waals surface area contributed by atoms with Gasteiger partial charge in [0.2, 0.25) is 0 Å². The molecule has 0 atom stereocenters. The summed E-state index contributed by atoms with van der Waals surface area (Å²) in [5.41, 5.74) is 0. The summed E-state index contributed by atoms with van der Waals surface area (Å²) in [7, 11) is 0. The van der Waals surface area contributed by atoms with Gasteiger partial charge in [-0.05, 0) is 50.7 Å². The molecule has 2 N–H and O–H groups in total. The average Bonchev–Trinajstić information content (AvgIpc) is 3.43. The number of likely N-dealkylation sites (tertiary alicyclic amines) is 1. The summed E-state index contributed by atoms with van der Waals surface area (Å²) >= 11 is 0. The van der Waals surface area contributed by atoms with Gasteiger partial charge in [-0.2, -0.15) is 0 Å². The lowest BCUT2D eigenvalue weighted by atomic mass is 9.92. The van der Waals surface area contributed by atoms with Gasteiger partial charge < -0.3 is 20.0 Å². The lowest BCUT2D eigenvalue weighted by Crippen LogP contribution is -2.52. The molecule has 0 bridgehead atoms. The van der Waals surface area contributed by atoms with E-state index in [1.54, 1.807) is 6.26 Å². The Hall–Kier alpha value is -1.49. The van der Waals surface area contributed by atoms with Crippen LogP contribution in [0.15, 0.2) is 27.8 Å². The molecule has 1 aromatic rings. The highest BCUT2D eigenvalue weighted by molar-refractivity contribution is 5.80. The molecule has 2 aliphatic carbocycles. The first-order valence-electron chi connectivity index (χ1n) is 11.7. The zero-order valence-corrected chi connectivity index (χ0v) is 17.4. The van der Waals surface area contributed by atoms with Crippen molar-refractivity contribution in [2.75, 3.05) is 19.6 Å². The van der Waals surface area contributed by atoms with Gasteiger partial charge in [-0.25, -0.2) is 0 Å². The van der Waals surface area contributed by atoms with E-state index in [1.807, 2.05) is 12.1 Å². The minimum atomic E-state index is 0.552. The number of rotatable bonds is 6. The lowest BCUT2D eigenvalue weighted by Gasteiger charge is -2.39. The van der Waals surface area contributed by atoms with Crippen molar-refractivity contribution in [1.82, 2.24) is 15.5 Å². The summed E-state index contributed by atoms with van der Waals surface area (Å²) in [6.07, 6.45) is 17.5. The van der Waals surface area contributed by atoms with Crippen LogP contribution in [-0.4, -0.2) is 48.6 Å². The quantitative estimate of drug-likeness (QED) is 0.571. The predicted octanol–water partition coefficient (Wildman–Crippen LogP) is 4.10. The van der Waals surface area contributed by atoms with E-state index in [4.69, 9.17) is 9.41 Å². The third kappa shape index (κ3) is 5.76. The van der Waals surface area contributed by atoms with Crippen molar-refractivity contribution in [2.24, 2.45) is 4.99 Å². The summed E-state index contributed by atoms with van der Waals surface area (Å²) in [4.78, 5) is 7.65. The highest BCUT2D eigenvalue weighted by Gasteiger charge is 2.27. The molecule has 3 fully saturated rings. The van der Waals surface area contributed by atoms with Gasteiger partial charge in [0.1, 0.15) is 5.76 Å². The van der Waals surface area contributed by atoms with Gasteiger partial charge in [0.15, 0.2) is 5.96 Å². The second-order valence-corrected chi connectivity index (χ2v) is 8.93. The van der Waals surface area contributed by atoms with Crippen LogP contribution in [0.5, 0.6) is 0 Å². The van der Waals surface area contributed by atoms with Crippen molar-refractivity contribution in [1.29, 1.82) is 0 Å². The topological polar surface area (TPSA) is 52.8 Å². The fourth-order valence-electron chi connectivity index (χ4n) is 5.18. The minimum absolute atomic E-state index is 0.552. The maximum absolute atomic E-state index is 5.45. The lowest BCUT2D eigenvalue weighted by molar-refractivity contribution is 0.119. The Morgan fingerprint density at radius 1 is 0.929 bits per heavy atom. The maximum Gasteiger partial charge on any atom is 0.191 e. The van der Waals surface area contributed by atoms with Crippen molar-refractivity contribution >= 4 is 5.96 Å². The van der Waals surface area contributed by atoms with Crippen molar-refractivity contribution in [3.63, 3.8) is 0 Å². The van der Waals surface area contributed by atoms with Crippen molar-refractivity contribution in [3.05, 3.63) is 24.2 Å². The second kappa shape index (κ2) is 10.3. The first-order chi connectivity index (χ1) is 13.9. The van der Waals surface area contributed by atoms with Crippen molar-refractivity contribution in [3.8, 4) is 0 Å². The SMILES string of the molecule is c1coc(CCN=C(NC2CCCC2)NC2CCN(C3CCCCC3)CC2)c1. The molecule has 5 nitrogen and oxygen atoms in total. The summed E-state index contributed by atoms with van der Waals surface area (Å²) < 4.78 is 5.45. The van der Waals surface area contributed by atoms with Crippen molar-refractivity contribution in [2.45, 2.75) is 95.2 Å². The van der Waals surface area contributed by atoms with E-state index in [9.17, 15) is 0 Å². The molecule has 0 radical (unpaired) electrons. The second-order valence-electron chi connectivity index (χ2n) is 8.93. The molecule has 1 aliphatic heterocycles. The van der Waals surface area contributed by atoms with Crippen LogP contribution < -0.4 is 10.6 Å². The van der Waals surface area contributed by atoms with E-state index < -0.39 is 0 Å². The van der Waals surface area contributed by atoms with Gasteiger partial charge in [0.05, 0.1) is 6.26 Å². The summed E-state index contributed by atoms with van der Waals surface area (Å²) in [5.74, 6) is 2.04.